The zero-order chi connectivity index (χ0) is 10.4. The van der Waals surface area contributed by atoms with Crippen LogP contribution in [0.15, 0.2) is 30.3 Å². The Bertz CT molecular complexity index is 287. The number of benzene rings is 1. The third-order valence-electron chi connectivity index (χ3n) is 2.09. The van der Waals surface area contributed by atoms with E-state index >= 15 is 0 Å². The smallest absolute Gasteiger partial charge is 0.251 e. The summed E-state index contributed by atoms with van der Waals surface area (Å²) in [6.45, 7) is 0. The highest BCUT2D eigenvalue weighted by Gasteiger charge is 2.14. The van der Waals surface area contributed by atoms with Crippen LogP contribution in [0.1, 0.15) is 5.56 Å². The third kappa shape index (κ3) is 2.83. The first-order valence-electron chi connectivity index (χ1n) is 4.49. The lowest BCUT2D eigenvalue weighted by Crippen LogP contribution is -2.46. The maximum Gasteiger partial charge on any atom is 0.251 e. The van der Waals surface area contributed by atoms with Crippen molar-refractivity contribution in [1.82, 2.24) is 10.7 Å². The van der Waals surface area contributed by atoms with E-state index in [2.05, 4.69) is 10.7 Å². The number of nitrogens with two attached hydrogens (primary N) is 1. The van der Waals surface area contributed by atoms with Crippen LogP contribution in [-0.2, 0) is 11.2 Å². The third-order valence-corrected chi connectivity index (χ3v) is 2.09. The highest BCUT2D eigenvalue weighted by Crippen LogP contribution is 2.02. The fourth-order valence-electron chi connectivity index (χ4n) is 1.28. The molecule has 1 aromatic rings. The molecule has 4 N–H and O–H groups in total. The maximum absolute atomic E-state index is 11.2. The summed E-state index contributed by atoms with van der Waals surface area (Å²) in [5.74, 6) is 4.86. The van der Waals surface area contributed by atoms with Gasteiger partial charge in [0.15, 0.2) is 0 Å². The number of hydrogen-bond acceptors (Lipinski definition) is 3. The molecule has 0 spiro atoms. The van der Waals surface area contributed by atoms with Gasteiger partial charge in [-0.25, -0.2) is 5.84 Å². The molecule has 0 heterocycles. The minimum absolute atomic E-state index is 0.198. The van der Waals surface area contributed by atoms with Crippen LogP contribution in [0.5, 0.6) is 0 Å². The number of carbonyl (C=O) groups excluding carboxylic acids is 1. The highest BCUT2D eigenvalue weighted by molar-refractivity contribution is 5.81. The molecule has 4 nitrogen and oxygen atoms in total. The van der Waals surface area contributed by atoms with Gasteiger partial charge in [0.2, 0.25) is 0 Å². The first-order valence-corrected chi connectivity index (χ1v) is 4.49. The van der Waals surface area contributed by atoms with Gasteiger partial charge in [0.05, 0.1) is 6.04 Å². The van der Waals surface area contributed by atoms with E-state index < -0.39 is 0 Å². The van der Waals surface area contributed by atoms with Gasteiger partial charge in [-0.1, -0.05) is 30.3 Å². The van der Waals surface area contributed by atoms with Crippen molar-refractivity contribution in [2.24, 2.45) is 5.84 Å². The van der Waals surface area contributed by atoms with Crippen molar-refractivity contribution in [3.8, 4) is 0 Å². The van der Waals surface area contributed by atoms with Crippen LogP contribution in [0.3, 0.4) is 0 Å². The van der Waals surface area contributed by atoms with Gasteiger partial charge >= 0.3 is 0 Å². The topological polar surface area (TPSA) is 67.2 Å². The molecule has 1 atom stereocenters. The number of rotatable bonds is 4. The molecule has 0 bridgehead atoms. The fourth-order valence-corrected chi connectivity index (χ4v) is 1.28. The predicted molar refractivity (Wildman–Crippen MR) is 55.3 cm³/mol. The van der Waals surface area contributed by atoms with E-state index in [1.165, 1.54) is 0 Å². The van der Waals surface area contributed by atoms with Gasteiger partial charge in [-0.05, 0) is 19.0 Å². The highest BCUT2D eigenvalue weighted by atomic mass is 16.2. The molecular formula is C10H15N3O. The average Bonchev–Trinajstić information content (AvgIpc) is 2.26. The normalized spacial score (nSPS) is 12.1. The lowest BCUT2D eigenvalue weighted by molar-refractivity contribution is -0.123. The van der Waals surface area contributed by atoms with Crippen LogP contribution in [-0.4, -0.2) is 19.0 Å². The lowest BCUT2D eigenvalue weighted by Gasteiger charge is -2.13. The Morgan fingerprint density at radius 3 is 2.57 bits per heavy atom. The van der Waals surface area contributed by atoms with Gasteiger partial charge in [-0.15, -0.1) is 0 Å². The minimum Gasteiger partial charge on any atom is -0.309 e. The van der Waals surface area contributed by atoms with Crippen molar-refractivity contribution in [3.63, 3.8) is 0 Å². The summed E-state index contributed by atoms with van der Waals surface area (Å²) < 4.78 is 0. The molecular weight excluding hydrogens is 178 g/mol. The van der Waals surface area contributed by atoms with Crippen molar-refractivity contribution >= 4 is 5.91 Å². The molecule has 76 valence electrons. The van der Waals surface area contributed by atoms with E-state index in [9.17, 15) is 4.79 Å². The summed E-state index contributed by atoms with van der Waals surface area (Å²) in [6.07, 6.45) is 0.639. The molecule has 4 heteroatoms. The SMILES string of the molecule is CN[C@H](Cc1ccccc1)C(=O)NN. The molecule has 0 aromatic heterocycles. The zero-order valence-electron chi connectivity index (χ0n) is 8.16. The molecule has 1 amide bonds. The van der Waals surface area contributed by atoms with E-state index in [4.69, 9.17) is 5.84 Å². The van der Waals surface area contributed by atoms with E-state index in [0.29, 0.717) is 6.42 Å². The van der Waals surface area contributed by atoms with Crippen LogP contribution in [0.2, 0.25) is 0 Å². The van der Waals surface area contributed by atoms with E-state index in [0.717, 1.165) is 5.56 Å². The second kappa shape index (κ2) is 5.36. The number of amides is 1. The van der Waals surface area contributed by atoms with Crippen molar-refractivity contribution in [2.45, 2.75) is 12.5 Å². The van der Waals surface area contributed by atoms with E-state index in [1.54, 1.807) is 7.05 Å². The number of hydrazine groups is 1. The van der Waals surface area contributed by atoms with Gasteiger partial charge in [0.1, 0.15) is 0 Å². The molecule has 1 rings (SSSR count). The van der Waals surface area contributed by atoms with Gasteiger partial charge in [0.25, 0.3) is 5.91 Å². The molecule has 0 aliphatic rings. The Hall–Kier alpha value is -1.39. The minimum atomic E-state index is -0.276. The Balaban J connectivity index is 2.62. The molecule has 0 saturated heterocycles. The van der Waals surface area contributed by atoms with Gasteiger partial charge in [-0.3, -0.25) is 10.2 Å². The van der Waals surface area contributed by atoms with Crippen molar-refractivity contribution in [1.29, 1.82) is 0 Å². The van der Waals surface area contributed by atoms with Gasteiger partial charge in [-0.2, -0.15) is 0 Å². The zero-order valence-corrected chi connectivity index (χ0v) is 8.16. The second-order valence-electron chi connectivity index (χ2n) is 3.04. The largest absolute Gasteiger partial charge is 0.309 e. The quantitative estimate of drug-likeness (QED) is 0.352. The first kappa shape index (κ1) is 10.7. The summed E-state index contributed by atoms with van der Waals surface area (Å²) in [5, 5.41) is 2.91. The second-order valence-corrected chi connectivity index (χ2v) is 3.04. The first-order chi connectivity index (χ1) is 6.77. The molecule has 0 unspecified atom stereocenters. The molecule has 1 aromatic carbocycles. The Kier molecular flexibility index (Phi) is 4.10. The van der Waals surface area contributed by atoms with Crippen molar-refractivity contribution in [2.75, 3.05) is 7.05 Å². The molecule has 0 fully saturated rings. The maximum atomic E-state index is 11.2. The molecule has 14 heavy (non-hydrogen) atoms. The summed E-state index contributed by atoms with van der Waals surface area (Å²) >= 11 is 0. The van der Waals surface area contributed by atoms with Crippen LogP contribution in [0.4, 0.5) is 0 Å². The van der Waals surface area contributed by atoms with Gasteiger partial charge < -0.3 is 5.32 Å². The summed E-state index contributed by atoms with van der Waals surface area (Å²) in [5.41, 5.74) is 3.24. The standard InChI is InChI=1S/C10H15N3O/c1-12-9(10(14)13-11)7-8-5-3-2-4-6-8/h2-6,9,12H,7,11H2,1H3,(H,13,14)/t9-/m1/s1. The Morgan fingerprint density at radius 2 is 2.07 bits per heavy atom. The van der Waals surface area contributed by atoms with E-state index in [1.807, 2.05) is 30.3 Å². The van der Waals surface area contributed by atoms with Gasteiger partial charge in [0, 0.05) is 0 Å². The number of carbonyl (C=O) groups is 1. The fraction of sp³-hybridized carbons (Fsp3) is 0.300. The van der Waals surface area contributed by atoms with Crippen LogP contribution >= 0.6 is 0 Å². The summed E-state index contributed by atoms with van der Waals surface area (Å²) in [4.78, 5) is 11.2. The molecule has 0 saturated carbocycles. The monoisotopic (exact) mass is 193 g/mol. The predicted octanol–water partition coefficient (Wildman–Crippen LogP) is -0.193. The van der Waals surface area contributed by atoms with Crippen LogP contribution in [0.25, 0.3) is 0 Å². The Morgan fingerprint density at radius 1 is 1.43 bits per heavy atom. The summed E-state index contributed by atoms with van der Waals surface area (Å²) in [7, 11) is 1.74. The molecule has 0 aliphatic carbocycles. The summed E-state index contributed by atoms with van der Waals surface area (Å²) in [6, 6.07) is 9.52. The van der Waals surface area contributed by atoms with Crippen LogP contribution in [0, 0.1) is 0 Å². The number of nitrogens with one attached hydrogen (secondary N) is 2. The molecule has 0 aliphatic heterocycles. The molecule has 0 radical (unpaired) electrons. The van der Waals surface area contributed by atoms with Crippen molar-refractivity contribution in [3.05, 3.63) is 35.9 Å². The van der Waals surface area contributed by atoms with Crippen molar-refractivity contribution < 1.29 is 4.79 Å². The van der Waals surface area contributed by atoms with Crippen LogP contribution < -0.4 is 16.6 Å². The lowest BCUT2D eigenvalue weighted by atomic mass is 10.1. The Labute approximate surface area is 83.5 Å². The van der Waals surface area contributed by atoms with E-state index in [-0.39, 0.29) is 11.9 Å². The number of hydrogen-bond donors (Lipinski definition) is 3. The average molecular weight is 193 g/mol. The number of likely N-dealkylation sites (N-methyl/N-ethyl adjacent to an activating group) is 1.